The number of thiophene rings is 1. The molecule has 0 atom stereocenters. The summed E-state index contributed by atoms with van der Waals surface area (Å²) >= 11 is 2.05. The molecule has 13 rings (SSSR count). The molecule has 0 saturated heterocycles. The van der Waals surface area contributed by atoms with Crippen molar-refractivity contribution < 1.29 is 0 Å². The molecular formula is C48H32BN3S2. The number of hydrogen-bond acceptors (Lipinski definition) is 2. The lowest BCUT2D eigenvalue weighted by molar-refractivity contribution is 1.14. The van der Waals surface area contributed by atoms with Crippen LogP contribution in [0.1, 0.15) is 0 Å². The molecule has 0 amide bonds. The number of rotatable bonds is 3. The van der Waals surface area contributed by atoms with Gasteiger partial charge in [-0.1, -0.05) is 109 Å². The molecule has 254 valence electrons. The molecule has 3 aromatic heterocycles. The lowest BCUT2D eigenvalue weighted by Crippen LogP contribution is -2.58. The van der Waals surface area contributed by atoms with E-state index in [1.165, 1.54) is 91.7 Å². The van der Waals surface area contributed by atoms with Crippen LogP contribution in [-0.4, -0.2) is 28.4 Å². The predicted octanol–water partition coefficient (Wildman–Crippen LogP) is 11.0. The van der Waals surface area contributed by atoms with Gasteiger partial charge >= 0.3 is 0 Å². The molecule has 0 saturated carbocycles. The third-order valence-corrected chi connectivity index (χ3v) is 16.6. The van der Waals surface area contributed by atoms with E-state index in [2.05, 4.69) is 196 Å². The molecule has 0 aliphatic carbocycles. The number of anilines is 3. The second-order valence-corrected chi connectivity index (χ2v) is 19.8. The largest absolute Gasteiger partial charge is 0.310 e. The summed E-state index contributed by atoms with van der Waals surface area (Å²) in [7, 11) is -1.30. The van der Waals surface area contributed by atoms with Crippen LogP contribution in [0.25, 0.3) is 65.4 Å². The zero-order valence-corrected chi connectivity index (χ0v) is 31.4. The van der Waals surface area contributed by atoms with E-state index >= 15 is 0 Å². The first-order valence-corrected chi connectivity index (χ1v) is 21.9. The van der Waals surface area contributed by atoms with Crippen LogP contribution in [-0.2, 0) is 0 Å². The van der Waals surface area contributed by atoms with Crippen molar-refractivity contribution in [1.82, 2.24) is 9.13 Å². The Bertz CT molecular complexity index is 3220. The summed E-state index contributed by atoms with van der Waals surface area (Å²) in [6.45, 7) is 0.115. The molecule has 7 aromatic carbocycles. The lowest BCUT2D eigenvalue weighted by atomic mass is 9.37. The molecule has 3 aliphatic rings. The highest BCUT2D eigenvalue weighted by Gasteiger charge is 2.48. The summed E-state index contributed by atoms with van der Waals surface area (Å²) in [5, 5.41) is 5.21. The number of aromatic nitrogens is 2. The molecule has 0 bridgehead atoms. The van der Waals surface area contributed by atoms with Crippen LogP contribution in [0.2, 0.25) is 0 Å². The van der Waals surface area contributed by atoms with Gasteiger partial charge in [0.1, 0.15) is 0 Å². The van der Waals surface area contributed by atoms with Crippen molar-refractivity contribution in [2.24, 2.45) is 0 Å². The van der Waals surface area contributed by atoms with E-state index in [-0.39, 0.29) is 6.71 Å². The van der Waals surface area contributed by atoms with Gasteiger partial charge in [0.25, 0.3) is 6.71 Å². The van der Waals surface area contributed by atoms with Gasteiger partial charge in [0.05, 0.1) is 33.4 Å². The SMILES string of the molecule is CS1(C)c2ccccc2-c2sc3c(c21)-n1c2ccccc2c2c(N(c4ccccc4)c4ccccc4)c4c5ccccc5n5c4c(c21)B3c1ccccc1-5. The van der Waals surface area contributed by atoms with Crippen LogP contribution in [0.5, 0.6) is 0 Å². The van der Waals surface area contributed by atoms with Gasteiger partial charge in [0, 0.05) is 63.6 Å². The van der Waals surface area contributed by atoms with Gasteiger partial charge in [-0.15, -0.1) is 11.3 Å². The molecular weight excluding hydrogens is 693 g/mol. The fourth-order valence-electron chi connectivity index (χ4n) is 10.3. The Balaban J connectivity index is 1.33. The van der Waals surface area contributed by atoms with Gasteiger partial charge < -0.3 is 14.0 Å². The van der Waals surface area contributed by atoms with E-state index in [9.17, 15) is 0 Å². The second kappa shape index (κ2) is 10.2. The topological polar surface area (TPSA) is 13.1 Å². The molecule has 3 aliphatic heterocycles. The van der Waals surface area contributed by atoms with Crippen molar-refractivity contribution in [2.45, 2.75) is 9.79 Å². The third-order valence-electron chi connectivity index (χ3n) is 12.3. The number of hydrogen-bond donors (Lipinski definition) is 0. The van der Waals surface area contributed by atoms with Crippen LogP contribution < -0.4 is 20.6 Å². The summed E-state index contributed by atoms with van der Waals surface area (Å²) in [6.07, 6.45) is 5.05. The Morgan fingerprint density at radius 2 is 1.13 bits per heavy atom. The first-order chi connectivity index (χ1) is 26.6. The van der Waals surface area contributed by atoms with Crippen molar-refractivity contribution in [3.63, 3.8) is 0 Å². The van der Waals surface area contributed by atoms with Crippen LogP contribution in [0.4, 0.5) is 17.1 Å². The van der Waals surface area contributed by atoms with E-state index < -0.39 is 10.0 Å². The molecule has 3 nitrogen and oxygen atoms in total. The quantitative estimate of drug-likeness (QED) is 0.165. The Hall–Kier alpha value is -5.95. The smallest absolute Gasteiger partial charge is 0.264 e. The Morgan fingerprint density at radius 3 is 1.83 bits per heavy atom. The Kier molecular flexibility index (Phi) is 5.56. The first kappa shape index (κ1) is 29.5. The summed E-state index contributed by atoms with van der Waals surface area (Å²) in [5.41, 5.74) is 15.7. The number of para-hydroxylation sites is 5. The number of benzene rings is 7. The van der Waals surface area contributed by atoms with Gasteiger partial charge in [-0.3, -0.25) is 0 Å². The van der Waals surface area contributed by atoms with E-state index in [4.69, 9.17) is 0 Å². The molecule has 0 unspecified atom stereocenters. The van der Waals surface area contributed by atoms with Crippen molar-refractivity contribution >= 4 is 104 Å². The van der Waals surface area contributed by atoms with Crippen LogP contribution >= 0.6 is 21.4 Å². The highest BCUT2D eigenvalue weighted by atomic mass is 32.3. The monoisotopic (exact) mass is 725 g/mol. The van der Waals surface area contributed by atoms with Crippen molar-refractivity contribution in [2.75, 3.05) is 17.4 Å². The zero-order chi connectivity index (χ0) is 35.4. The Morgan fingerprint density at radius 1 is 0.574 bits per heavy atom. The molecule has 0 spiro atoms. The minimum Gasteiger partial charge on any atom is -0.310 e. The van der Waals surface area contributed by atoms with Gasteiger partial charge in [-0.2, -0.15) is 10.0 Å². The fourth-order valence-corrected chi connectivity index (χ4v) is 15.1. The fraction of sp³-hybridized carbons (Fsp3) is 0.0417. The third kappa shape index (κ3) is 3.39. The van der Waals surface area contributed by atoms with Crippen LogP contribution in [0.3, 0.4) is 0 Å². The number of nitrogens with zero attached hydrogens (tertiary/aromatic N) is 3. The van der Waals surface area contributed by atoms with Gasteiger partial charge in [0.2, 0.25) is 0 Å². The normalized spacial score (nSPS) is 14.8. The first-order valence-electron chi connectivity index (χ1n) is 18.6. The highest BCUT2D eigenvalue weighted by molar-refractivity contribution is 8.33. The molecule has 54 heavy (non-hydrogen) atoms. The van der Waals surface area contributed by atoms with Crippen LogP contribution in [0, 0.1) is 0 Å². The van der Waals surface area contributed by atoms with Crippen LogP contribution in [0.15, 0.2) is 168 Å². The summed E-state index contributed by atoms with van der Waals surface area (Å²) in [4.78, 5) is 7.05. The molecule has 0 N–H and O–H groups in total. The highest BCUT2D eigenvalue weighted by Crippen LogP contribution is 2.70. The Labute approximate surface area is 318 Å². The molecule has 0 radical (unpaired) electrons. The van der Waals surface area contributed by atoms with Gasteiger partial charge in [0.15, 0.2) is 0 Å². The predicted molar refractivity (Wildman–Crippen MR) is 234 cm³/mol. The van der Waals surface area contributed by atoms with Gasteiger partial charge in [-0.25, -0.2) is 0 Å². The van der Waals surface area contributed by atoms with Crippen molar-refractivity contribution in [1.29, 1.82) is 0 Å². The summed E-state index contributed by atoms with van der Waals surface area (Å²) < 4.78 is 6.79. The minimum atomic E-state index is -1.30. The maximum Gasteiger partial charge on any atom is 0.264 e. The maximum atomic E-state index is 2.72. The van der Waals surface area contributed by atoms with E-state index in [1.54, 1.807) is 4.90 Å². The van der Waals surface area contributed by atoms with Gasteiger partial charge in [-0.05, 0) is 72.0 Å². The number of fused-ring (bicyclic) bond motifs is 16. The summed E-state index contributed by atoms with van der Waals surface area (Å²) in [5.74, 6) is 0. The van der Waals surface area contributed by atoms with Crippen molar-refractivity contribution in [3.05, 3.63) is 158 Å². The van der Waals surface area contributed by atoms with E-state index in [1.807, 2.05) is 0 Å². The summed E-state index contributed by atoms with van der Waals surface area (Å²) in [6, 6.07) is 58.7. The second-order valence-electron chi connectivity index (χ2n) is 15.2. The minimum absolute atomic E-state index is 0.115. The van der Waals surface area contributed by atoms with E-state index in [0.29, 0.717) is 0 Å². The molecule has 0 fully saturated rings. The average Bonchev–Trinajstić information content (AvgIpc) is 3.94. The standard InChI is InChI=1S/C48H32BN3S2/c1-54(2)38-28-16-11-23-33(38)46-47(54)45-48(53-46)49-34-24-12-15-27-37(34)51-35-25-13-9-21-31(35)39-42(50(29-17-5-3-6-18-29)30-19-7-4-8-20-30)40-32-22-10-14-26-36(32)52(45)44(40)41(49)43(39)51/h3-28H,1-2H3. The zero-order valence-electron chi connectivity index (χ0n) is 29.7. The maximum absolute atomic E-state index is 2.72. The van der Waals surface area contributed by atoms with Crippen molar-refractivity contribution in [3.8, 4) is 21.8 Å². The lowest BCUT2D eigenvalue weighted by Gasteiger charge is -2.36. The van der Waals surface area contributed by atoms with E-state index in [0.717, 1.165) is 11.4 Å². The molecule has 6 heteroatoms. The average molecular weight is 726 g/mol. The molecule has 6 heterocycles. The molecule has 10 aromatic rings.